The van der Waals surface area contributed by atoms with Gasteiger partial charge in [0.25, 0.3) is 0 Å². The highest BCUT2D eigenvalue weighted by Crippen LogP contribution is 2.19. The van der Waals surface area contributed by atoms with Crippen LogP contribution in [0.15, 0.2) is 36.7 Å². The Morgan fingerprint density at radius 2 is 1.92 bits per heavy atom. The Kier molecular flexibility index (Phi) is 6.10. The molecule has 0 fully saturated rings. The molecule has 2 rings (SSSR count). The van der Waals surface area contributed by atoms with Crippen LogP contribution in [-0.2, 0) is 16.1 Å². The van der Waals surface area contributed by atoms with Crippen LogP contribution >= 0.6 is 0 Å². The minimum Gasteiger partial charge on any atom is -0.338 e. The lowest BCUT2D eigenvalue weighted by molar-refractivity contribution is -0.129. The molecule has 1 heterocycles. The first-order chi connectivity index (χ1) is 11.9. The molecule has 1 N–H and O–H groups in total. The van der Waals surface area contributed by atoms with Crippen LogP contribution in [0.1, 0.15) is 18.9 Å². The molecule has 25 heavy (non-hydrogen) atoms. The predicted octanol–water partition coefficient (Wildman–Crippen LogP) is 2.88. The molecule has 0 aliphatic carbocycles. The molecule has 8 heteroatoms. The first kappa shape index (κ1) is 18.4. The first-order valence-electron chi connectivity index (χ1n) is 7.46. The van der Waals surface area contributed by atoms with Crippen molar-refractivity contribution in [3.63, 3.8) is 0 Å². The monoisotopic (exact) mass is 351 g/mol. The largest absolute Gasteiger partial charge is 0.338 e. The van der Waals surface area contributed by atoms with Crippen molar-refractivity contribution < 1.29 is 22.8 Å². The van der Waals surface area contributed by atoms with E-state index in [-0.39, 0.29) is 25.4 Å². The van der Waals surface area contributed by atoms with Crippen molar-refractivity contribution in [2.24, 2.45) is 0 Å². The summed E-state index contributed by atoms with van der Waals surface area (Å²) in [4.78, 5) is 29.0. The lowest BCUT2D eigenvalue weighted by atomic mass is 10.2. The van der Waals surface area contributed by atoms with Crippen molar-refractivity contribution in [2.75, 3.05) is 11.9 Å². The summed E-state index contributed by atoms with van der Waals surface area (Å²) in [6, 6.07) is 5.17. The van der Waals surface area contributed by atoms with Crippen LogP contribution in [0, 0.1) is 17.5 Å². The molecule has 0 bridgehead atoms. The van der Waals surface area contributed by atoms with Crippen LogP contribution in [0.25, 0.3) is 0 Å². The fraction of sp³-hybridized carbons (Fsp3) is 0.235. The average molecular weight is 351 g/mol. The van der Waals surface area contributed by atoms with Crippen molar-refractivity contribution in [2.45, 2.75) is 19.9 Å². The number of hydrogen-bond donors (Lipinski definition) is 1. The zero-order valence-corrected chi connectivity index (χ0v) is 13.4. The number of nitrogens with zero attached hydrogens (tertiary/aromatic N) is 2. The molecule has 0 aliphatic rings. The van der Waals surface area contributed by atoms with Crippen LogP contribution in [-0.4, -0.2) is 28.2 Å². The molecule has 1 aromatic carbocycles. The first-order valence-corrected chi connectivity index (χ1v) is 7.46. The van der Waals surface area contributed by atoms with E-state index in [9.17, 15) is 22.8 Å². The molecule has 0 aliphatic heterocycles. The number of halogens is 3. The average Bonchev–Trinajstić information content (AvgIpc) is 2.59. The van der Waals surface area contributed by atoms with Crippen LogP contribution in [0.4, 0.5) is 18.9 Å². The second-order valence-corrected chi connectivity index (χ2v) is 5.32. The van der Waals surface area contributed by atoms with Gasteiger partial charge in [0, 0.05) is 38.8 Å². The number of anilines is 1. The van der Waals surface area contributed by atoms with Gasteiger partial charge in [0.2, 0.25) is 11.8 Å². The number of benzene rings is 1. The number of carbonyl (C=O) groups excluding carboxylic acids is 2. The fourth-order valence-corrected chi connectivity index (χ4v) is 2.13. The van der Waals surface area contributed by atoms with Gasteiger partial charge in [-0.25, -0.2) is 13.2 Å². The van der Waals surface area contributed by atoms with Gasteiger partial charge in [0.05, 0.1) is 5.69 Å². The molecule has 0 spiro atoms. The zero-order valence-electron chi connectivity index (χ0n) is 13.4. The summed E-state index contributed by atoms with van der Waals surface area (Å²) in [6.45, 7) is 1.72. The number of hydrogen-bond acceptors (Lipinski definition) is 3. The van der Waals surface area contributed by atoms with E-state index in [2.05, 4.69) is 10.3 Å². The summed E-state index contributed by atoms with van der Waals surface area (Å²) in [5, 5.41) is 2.17. The Bertz CT molecular complexity index is 769. The maximum absolute atomic E-state index is 13.5. The van der Waals surface area contributed by atoms with Crippen molar-refractivity contribution in [1.29, 1.82) is 0 Å². The van der Waals surface area contributed by atoms with Gasteiger partial charge < -0.3 is 10.2 Å². The fourth-order valence-electron chi connectivity index (χ4n) is 2.13. The Hall–Kier alpha value is -2.90. The smallest absolute Gasteiger partial charge is 0.226 e. The summed E-state index contributed by atoms with van der Waals surface area (Å²) in [5.41, 5.74) is 0.343. The number of aromatic nitrogens is 1. The minimum atomic E-state index is -1.65. The predicted molar refractivity (Wildman–Crippen MR) is 84.9 cm³/mol. The Labute approximate surface area is 142 Å². The number of rotatable bonds is 6. The Morgan fingerprint density at radius 1 is 1.16 bits per heavy atom. The number of amides is 2. The third-order valence-electron chi connectivity index (χ3n) is 3.46. The molecule has 2 aromatic rings. The van der Waals surface area contributed by atoms with Gasteiger partial charge in [0.15, 0.2) is 17.5 Å². The van der Waals surface area contributed by atoms with E-state index in [0.717, 1.165) is 17.7 Å². The maximum atomic E-state index is 13.5. The molecule has 5 nitrogen and oxygen atoms in total. The second-order valence-electron chi connectivity index (χ2n) is 5.32. The number of carbonyl (C=O) groups is 2. The van der Waals surface area contributed by atoms with E-state index in [1.807, 2.05) is 0 Å². The summed E-state index contributed by atoms with van der Waals surface area (Å²) in [5.74, 6) is -5.32. The lowest BCUT2D eigenvalue weighted by Gasteiger charge is -2.20. The molecule has 0 saturated carbocycles. The van der Waals surface area contributed by atoms with Gasteiger partial charge in [-0.05, 0) is 23.8 Å². The zero-order chi connectivity index (χ0) is 18.4. The summed E-state index contributed by atoms with van der Waals surface area (Å²) < 4.78 is 39.5. The van der Waals surface area contributed by atoms with E-state index in [4.69, 9.17) is 0 Å². The molecule has 0 radical (unpaired) electrons. The summed E-state index contributed by atoms with van der Waals surface area (Å²) >= 11 is 0. The van der Waals surface area contributed by atoms with Gasteiger partial charge in [-0.3, -0.25) is 14.6 Å². The van der Waals surface area contributed by atoms with Gasteiger partial charge in [-0.15, -0.1) is 0 Å². The van der Waals surface area contributed by atoms with E-state index in [1.165, 1.54) is 11.8 Å². The normalized spacial score (nSPS) is 10.4. The van der Waals surface area contributed by atoms with Crippen molar-refractivity contribution in [1.82, 2.24) is 9.88 Å². The number of nitrogens with one attached hydrogen (secondary N) is 1. The van der Waals surface area contributed by atoms with Gasteiger partial charge in [-0.1, -0.05) is 6.07 Å². The Morgan fingerprint density at radius 3 is 2.56 bits per heavy atom. The third kappa shape index (κ3) is 5.03. The van der Waals surface area contributed by atoms with Gasteiger partial charge in [-0.2, -0.15) is 0 Å². The molecule has 0 atom stereocenters. The molecule has 0 unspecified atom stereocenters. The minimum absolute atomic E-state index is 0.0847. The van der Waals surface area contributed by atoms with E-state index < -0.39 is 29.0 Å². The highest BCUT2D eigenvalue weighted by atomic mass is 19.2. The maximum Gasteiger partial charge on any atom is 0.226 e. The highest BCUT2D eigenvalue weighted by molar-refractivity contribution is 5.91. The lowest BCUT2D eigenvalue weighted by Crippen LogP contribution is -2.31. The van der Waals surface area contributed by atoms with Crippen LogP contribution in [0.2, 0.25) is 0 Å². The van der Waals surface area contributed by atoms with E-state index >= 15 is 0 Å². The van der Waals surface area contributed by atoms with Crippen molar-refractivity contribution >= 4 is 17.5 Å². The second kappa shape index (κ2) is 8.27. The molecule has 0 saturated heterocycles. The quantitative estimate of drug-likeness (QED) is 0.814. The highest BCUT2D eigenvalue weighted by Gasteiger charge is 2.16. The molecule has 132 valence electrons. The Balaban J connectivity index is 1.95. The van der Waals surface area contributed by atoms with Crippen molar-refractivity contribution in [3.05, 3.63) is 59.7 Å². The molecule has 2 amide bonds. The summed E-state index contributed by atoms with van der Waals surface area (Å²) in [7, 11) is 0. The van der Waals surface area contributed by atoms with Gasteiger partial charge >= 0.3 is 0 Å². The standard InChI is InChI=1S/C17H16F3N3O2/c1-11(24)23(10-12-3-2-7-21-9-12)8-6-15(25)22-14-5-4-13(18)16(19)17(14)20/h2-5,7,9H,6,8,10H2,1H3,(H,22,25). The molecular weight excluding hydrogens is 335 g/mol. The van der Waals surface area contributed by atoms with E-state index in [1.54, 1.807) is 24.5 Å². The number of pyridine rings is 1. The van der Waals surface area contributed by atoms with E-state index in [0.29, 0.717) is 0 Å². The topological polar surface area (TPSA) is 62.3 Å². The van der Waals surface area contributed by atoms with Crippen molar-refractivity contribution in [3.8, 4) is 0 Å². The van der Waals surface area contributed by atoms with Crippen LogP contribution in [0.3, 0.4) is 0 Å². The third-order valence-corrected chi connectivity index (χ3v) is 3.46. The van der Waals surface area contributed by atoms with Crippen LogP contribution < -0.4 is 5.32 Å². The molecular formula is C17H16F3N3O2. The van der Waals surface area contributed by atoms with Gasteiger partial charge in [0.1, 0.15) is 0 Å². The summed E-state index contributed by atoms with van der Waals surface area (Å²) in [6.07, 6.45) is 3.08. The molecule has 1 aromatic heterocycles. The van der Waals surface area contributed by atoms with Crippen LogP contribution in [0.5, 0.6) is 0 Å². The SMILES string of the molecule is CC(=O)N(CCC(=O)Nc1ccc(F)c(F)c1F)Cc1cccnc1.